The van der Waals surface area contributed by atoms with Crippen LogP contribution in [0.25, 0.3) is 0 Å². The average Bonchev–Trinajstić information content (AvgIpc) is 2.43. The Hall–Kier alpha value is -2.37. The van der Waals surface area contributed by atoms with Crippen LogP contribution in [0.4, 0.5) is 0 Å². The van der Waals surface area contributed by atoms with Crippen molar-refractivity contribution < 1.29 is 19.1 Å². The van der Waals surface area contributed by atoms with Crippen LogP contribution < -0.4 is 10.9 Å². The summed E-state index contributed by atoms with van der Waals surface area (Å²) in [5, 5.41) is 0. The van der Waals surface area contributed by atoms with Crippen molar-refractivity contribution in [1.82, 2.24) is 10.9 Å². The van der Waals surface area contributed by atoms with E-state index < -0.39 is 11.9 Å². The highest BCUT2D eigenvalue weighted by atomic mass is 16.5. The summed E-state index contributed by atoms with van der Waals surface area (Å²) >= 11 is 0. The van der Waals surface area contributed by atoms with Gasteiger partial charge in [0.25, 0.3) is 5.91 Å². The maximum Gasteiger partial charge on any atom is 0.337 e. The van der Waals surface area contributed by atoms with Crippen molar-refractivity contribution in [1.29, 1.82) is 0 Å². The molecular formula is C13H16N2O4. The van der Waals surface area contributed by atoms with Gasteiger partial charge < -0.3 is 4.74 Å². The minimum atomic E-state index is -0.472. The van der Waals surface area contributed by atoms with E-state index in [1.165, 1.54) is 31.4 Å². The van der Waals surface area contributed by atoms with Gasteiger partial charge in [-0.3, -0.25) is 20.4 Å². The molecule has 0 radical (unpaired) electrons. The molecule has 0 aliphatic carbocycles. The third-order valence-corrected chi connectivity index (χ3v) is 2.39. The van der Waals surface area contributed by atoms with E-state index in [1.54, 1.807) is 13.8 Å². The summed E-state index contributed by atoms with van der Waals surface area (Å²) in [5.41, 5.74) is 5.27. The summed E-state index contributed by atoms with van der Waals surface area (Å²) < 4.78 is 4.55. The summed E-state index contributed by atoms with van der Waals surface area (Å²) in [7, 11) is 1.28. The molecular weight excluding hydrogens is 248 g/mol. The smallest absolute Gasteiger partial charge is 0.337 e. The molecule has 0 aliphatic heterocycles. The Balaban J connectivity index is 2.63. The Morgan fingerprint density at radius 1 is 1.00 bits per heavy atom. The summed E-state index contributed by atoms with van der Waals surface area (Å²) in [5.74, 6) is -1.42. The molecule has 1 rings (SSSR count). The van der Waals surface area contributed by atoms with Gasteiger partial charge in [-0.25, -0.2) is 4.79 Å². The largest absolute Gasteiger partial charge is 0.465 e. The summed E-state index contributed by atoms with van der Waals surface area (Å²) in [4.78, 5) is 34.2. The summed E-state index contributed by atoms with van der Waals surface area (Å²) in [6, 6.07) is 5.91. The average molecular weight is 264 g/mol. The molecule has 1 aromatic carbocycles. The van der Waals surface area contributed by atoms with Crippen molar-refractivity contribution in [3.63, 3.8) is 0 Å². The molecule has 0 fully saturated rings. The van der Waals surface area contributed by atoms with Crippen molar-refractivity contribution in [2.45, 2.75) is 13.8 Å². The molecule has 0 saturated carbocycles. The molecule has 0 heterocycles. The second kappa shape index (κ2) is 6.53. The third kappa shape index (κ3) is 4.09. The van der Waals surface area contributed by atoms with Crippen molar-refractivity contribution in [2.24, 2.45) is 5.92 Å². The second-order valence-corrected chi connectivity index (χ2v) is 4.17. The van der Waals surface area contributed by atoms with Crippen LogP contribution in [-0.4, -0.2) is 24.9 Å². The van der Waals surface area contributed by atoms with Crippen molar-refractivity contribution in [3.8, 4) is 0 Å². The maximum atomic E-state index is 11.7. The molecule has 19 heavy (non-hydrogen) atoms. The van der Waals surface area contributed by atoms with Gasteiger partial charge in [0.05, 0.1) is 12.7 Å². The number of amides is 2. The van der Waals surface area contributed by atoms with Crippen molar-refractivity contribution >= 4 is 17.8 Å². The Morgan fingerprint density at radius 3 is 2.00 bits per heavy atom. The summed E-state index contributed by atoms with van der Waals surface area (Å²) in [6.07, 6.45) is 0. The number of methoxy groups -OCH3 is 1. The lowest BCUT2D eigenvalue weighted by atomic mass is 10.1. The van der Waals surface area contributed by atoms with Gasteiger partial charge in [-0.05, 0) is 24.3 Å². The molecule has 6 heteroatoms. The van der Waals surface area contributed by atoms with Gasteiger partial charge in [-0.15, -0.1) is 0 Å². The fourth-order valence-electron chi connectivity index (χ4n) is 1.21. The van der Waals surface area contributed by atoms with Crippen LogP contribution in [0.1, 0.15) is 34.6 Å². The highest BCUT2D eigenvalue weighted by Crippen LogP contribution is 2.05. The highest BCUT2D eigenvalue weighted by Gasteiger charge is 2.11. The third-order valence-electron chi connectivity index (χ3n) is 2.39. The quantitative estimate of drug-likeness (QED) is 0.627. The molecule has 0 spiro atoms. The number of esters is 1. The first kappa shape index (κ1) is 14.7. The molecule has 2 N–H and O–H groups in total. The topological polar surface area (TPSA) is 84.5 Å². The number of ether oxygens (including phenoxy) is 1. The molecule has 0 unspecified atom stereocenters. The number of hydrogen-bond donors (Lipinski definition) is 2. The minimum absolute atomic E-state index is 0.220. The number of hydrogen-bond acceptors (Lipinski definition) is 4. The van der Waals surface area contributed by atoms with E-state index in [2.05, 4.69) is 15.6 Å². The van der Waals surface area contributed by atoms with E-state index in [-0.39, 0.29) is 11.8 Å². The maximum absolute atomic E-state index is 11.7. The van der Waals surface area contributed by atoms with Gasteiger partial charge in [0.1, 0.15) is 0 Å². The molecule has 0 bridgehead atoms. The first-order chi connectivity index (χ1) is 8.95. The Bertz CT molecular complexity index is 480. The van der Waals surface area contributed by atoms with Crippen LogP contribution in [-0.2, 0) is 9.53 Å². The van der Waals surface area contributed by atoms with Gasteiger partial charge in [-0.2, -0.15) is 0 Å². The van der Waals surface area contributed by atoms with Gasteiger partial charge in [-0.1, -0.05) is 13.8 Å². The molecule has 1 aromatic rings. The monoisotopic (exact) mass is 264 g/mol. The van der Waals surface area contributed by atoms with E-state index in [1.807, 2.05) is 0 Å². The fraction of sp³-hybridized carbons (Fsp3) is 0.308. The van der Waals surface area contributed by atoms with Crippen LogP contribution in [0.3, 0.4) is 0 Å². The SMILES string of the molecule is COC(=O)c1ccc(C(=O)NNC(=O)C(C)C)cc1. The van der Waals surface area contributed by atoms with E-state index >= 15 is 0 Å². The van der Waals surface area contributed by atoms with Gasteiger partial charge in [0.15, 0.2) is 0 Å². The van der Waals surface area contributed by atoms with Gasteiger partial charge >= 0.3 is 5.97 Å². The van der Waals surface area contributed by atoms with Crippen LogP contribution in [0, 0.1) is 5.92 Å². The van der Waals surface area contributed by atoms with E-state index in [0.717, 1.165) is 0 Å². The fourth-order valence-corrected chi connectivity index (χ4v) is 1.21. The zero-order valence-electron chi connectivity index (χ0n) is 11.0. The molecule has 102 valence electrons. The molecule has 0 saturated heterocycles. The standard InChI is InChI=1S/C13H16N2O4/c1-8(2)11(16)14-15-12(17)9-4-6-10(7-5-9)13(18)19-3/h4-8H,1-3H3,(H,14,16)(H,15,17). The van der Waals surface area contributed by atoms with E-state index in [9.17, 15) is 14.4 Å². The van der Waals surface area contributed by atoms with E-state index in [4.69, 9.17) is 0 Å². The lowest BCUT2D eigenvalue weighted by Gasteiger charge is -2.09. The first-order valence-corrected chi connectivity index (χ1v) is 5.74. The Labute approximate surface area is 111 Å². The number of nitrogens with one attached hydrogen (secondary N) is 2. The lowest BCUT2D eigenvalue weighted by molar-refractivity contribution is -0.124. The normalized spacial score (nSPS) is 9.89. The Kier molecular flexibility index (Phi) is 5.05. The molecule has 0 atom stereocenters. The molecule has 2 amide bonds. The number of carbonyl (C=O) groups excluding carboxylic acids is 3. The predicted molar refractivity (Wildman–Crippen MR) is 68.2 cm³/mol. The summed E-state index contributed by atoms with van der Waals surface area (Å²) in [6.45, 7) is 3.43. The van der Waals surface area contributed by atoms with Gasteiger partial charge in [0, 0.05) is 11.5 Å². The number of carbonyl (C=O) groups is 3. The van der Waals surface area contributed by atoms with Crippen LogP contribution in [0.15, 0.2) is 24.3 Å². The van der Waals surface area contributed by atoms with Crippen molar-refractivity contribution in [2.75, 3.05) is 7.11 Å². The highest BCUT2D eigenvalue weighted by molar-refractivity contribution is 5.97. The van der Waals surface area contributed by atoms with Gasteiger partial charge in [0.2, 0.25) is 5.91 Å². The first-order valence-electron chi connectivity index (χ1n) is 5.74. The minimum Gasteiger partial charge on any atom is -0.465 e. The zero-order valence-corrected chi connectivity index (χ0v) is 11.0. The molecule has 6 nitrogen and oxygen atoms in total. The number of rotatable bonds is 3. The lowest BCUT2D eigenvalue weighted by Crippen LogP contribution is -2.43. The van der Waals surface area contributed by atoms with Crippen LogP contribution in [0.5, 0.6) is 0 Å². The van der Waals surface area contributed by atoms with Crippen molar-refractivity contribution in [3.05, 3.63) is 35.4 Å². The predicted octanol–water partition coefficient (Wildman–Crippen LogP) is 0.890. The van der Waals surface area contributed by atoms with E-state index in [0.29, 0.717) is 11.1 Å². The number of hydrazine groups is 1. The van der Waals surface area contributed by atoms with Crippen LogP contribution >= 0.6 is 0 Å². The number of benzene rings is 1. The Morgan fingerprint density at radius 2 is 1.53 bits per heavy atom. The molecule has 0 aliphatic rings. The second-order valence-electron chi connectivity index (χ2n) is 4.17. The zero-order chi connectivity index (χ0) is 14.4. The van der Waals surface area contributed by atoms with Crippen LogP contribution in [0.2, 0.25) is 0 Å². The molecule has 0 aromatic heterocycles.